The highest BCUT2D eigenvalue weighted by atomic mass is 16.5. The number of ether oxygens (including phenoxy) is 1. The third-order valence-corrected chi connectivity index (χ3v) is 3.20. The molecule has 0 aromatic heterocycles. The van der Waals surface area contributed by atoms with Crippen molar-refractivity contribution in [2.75, 3.05) is 33.3 Å². The average molecular weight is 212 g/mol. The van der Waals surface area contributed by atoms with Crippen molar-refractivity contribution in [2.24, 2.45) is 10.7 Å². The first-order valence-corrected chi connectivity index (χ1v) is 5.63. The maximum Gasteiger partial charge on any atom is 0.194 e. The second-order valence-electron chi connectivity index (χ2n) is 4.10. The molecular formula is C10H20N4O. The average Bonchev–Trinajstić information content (AvgIpc) is 2.81. The van der Waals surface area contributed by atoms with Gasteiger partial charge in [0.2, 0.25) is 0 Å². The molecule has 5 nitrogen and oxygen atoms in total. The van der Waals surface area contributed by atoms with Gasteiger partial charge in [-0.1, -0.05) is 0 Å². The highest BCUT2D eigenvalue weighted by Gasteiger charge is 2.30. The molecule has 15 heavy (non-hydrogen) atoms. The van der Waals surface area contributed by atoms with Crippen LogP contribution >= 0.6 is 0 Å². The van der Waals surface area contributed by atoms with Gasteiger partial charge in [-0.05, 0) is 12.8 Å². The van der Waals surface area contributed by atoms with Gasteiger partial charge in [-0.25, -0.2) is 0 Å². The number of aliphatic imine (C=N–C) groups is 1. The molecule has 0 aromatic rings. The van der Waals surface area contributed by atoms with Crippen LogP contribution in [-0.4, -0.2) is 56.3 Å². The van der Waals surface area contributed by atoms with Crippen molar-refractivity contribution in [3.63, 3.8) is 0 Å². The van der Waals surface area contributed by atoms with Gasteiger partial charge in [-0.3, -0.25) is 4.99 Å². The van der Waals surface area contributed by atoms with Crippen molar-refractivity contribution < 1.29 is 4.74 Å². The molecule has 86 valence electrons. The van der Waals surface area contributed by atoms with Crippen molar-refractivity contribution in [2.45, 2.75) is 25.0 Å². The first kappa shape index (κ1) is 10.7. The van der Waals surface area contributed by atoms with E-state index in [1.165, 1.54) is 0 Å². The van der Waals surface area contributed by atoms with E-state index in [0.29, 0.717) is 18.7 Å². The molecule has 1 saturated heterocycles. The number of hydrogen-bond acceptors (Lipinski definition) is 5. The Balaban J connectivity index is 1.99. The van der Waals surface area contributed by atoms with E-state index in [1.807, 2.05) is 0 Å². The predicted molar refractivity (Wildman–Crippen MR) is 59.9 cm³/mol. The van der Waals surface area contributed by atoms with Gasteiger partial charge in [0.15, 0.2) is 5.96 Å². The van der Waals surface area contributed by atoms with Crippen molar-refractivity contribution >= 4 is 5.96 Å². The SMILES string of the molecule is COC1CCN(C2=NCCN2)C(CN)C1. The molecule has 0 aliphatic carbocycles. The van der Waals surface area contributed by atoms with Gasteiger partial charge in [0.25, 0.3) is 0 Å². The number of methoxy groups -OCH3 is 1. The molecule has 0 bridgehead atoms. The normalized spacial score (nSPS) is 31.3. The second kappa shape index (κ2) is 4.81. The largest absolute Gasteiger partial charge is 0.381 e. The number of piperidine rings is 1. The minimum Gasteiger partial charge on any atom is -0.381 e. The fraction of sp³-hybridized carbons (Fsp3) is 0.900. The van der Waals surface area contributed by atoms with Crippen molar-refractivity contribution in [1.82, 2.24) is 10.2 Å². The molecular weight excluding hydrogens is 192 g/mol. The molecule has 0 radical (unpaired) electrons. The number of guanidine groups is 1. The maximum absolute atomic E-state index is 5.80. The Hall–Kier alpha value is -0.810. The van der Waals surface area contributed by atoms with E-state index in [-0.39, 0.29) is 0 Å². The molecule has 0 saturated carbocycles. The number of nitrogens with two attached hydrogens (primary N) is 1. The summed E-state index contributed by atoms with van der Waals surface area (Å²) in [5, 5.41) is 3.30. The summed E-state index contributed by atoms with van der Waals surface area (Å²) in [5.41, 5.74) is 5.80. The standard InChI is InChI=1S/C10H20N4O/c1-15-9-2-5-14(8(6-9)7-11)10-12-3-4-13-10/h8-9H,2-7,11H2,1H3,(H,12,13). The van der Waals surface area contributed by atoms with E-state index in [1.54, 1.807) is 7.11 Å². The summed E-state index contributed by atoms with van der Waals surface area (Å²) < 4.78 is 5.39. The first-order chi connectivity index (χ1) is 7.35. The summed E-state index contributed by atoms with van der Waals surface area (Å²) in [6.45, 7) is 3.50. The van der Waals surface area contributed by atoms with E-state index in [4.69, 9.17) is 10.5 Å². The molecule has 0 amide bonds. The Morgan fingerprint density at radius 2 is 2.53 bits per heavy atom. The minimum absolute atomic E-state index is 0.358. The molecule has 2 unspecified atom stereocenters. The highest BCUT2D eigenvalue weighted by molar-refractivity contribution is 5.81. The number of nitrogens with one attached hydrogen (secondary N) is 1. The Labute approximate surface area is 90.7 Å². The molecule has 2 atom stereocenters. The smallest absolute Gasteiger partial charge is 0.194 e. The van der Waals surface area contributed by atoms with E-state index in [2.05, 4.69) is 15.2 Å². The van der Waals surface area contributed by atoms with Gasteiger partial charge < -0.3 is 20.7 Å². The van der Waals surface area contributed by atoms with E-state index >= 15 is 0 Å². The maximum atomic E-state index is 5.80. The minimum atomic E-state index is 0.358. The van der Waals surface area contributed by atoms with Crippen LogP contribution in [0.5, 0.6) is 0 Å². The van der Waals surface area contributed by atoms with Gasteiger partial charge in [0.1, 0.15) is 0 Å². The summed E-state index contributed by atoms with van der Waals surface area (Å²) in [4.78, 5) is 6.74. The summed E-state index contributed by atoms with van der Waals surface area (Å²) in [7, 11) is 1.78. The fourth-order valence-corrected chi connectivity index (χ4v) is 2.31. The zero-order valence-electron chi connectivity index (χ0n) is 9.28. The second-order valence-corrected chi connectivity index (χ2v) is 4.10. The van der Waals surface area contributed by atoms with Crippen LogP contribution in [0.4, 0.5) is 0 Å². The van der Waals surface area contributed by atoms with E-state index in [0.717, 1.165) is 38.4 Å². The molecule has 2 heterocycles. The number of rotatable bonds is 2. The van der Waals surface area contributed by atoms with Crippen LogP contribution in [0.1, 0.15) is 12.8 Å². The lowest BCUT2D eigenvalue weighted by molar-refractivity contribution is 0.0356. The fourth-order valence-electron chi connectivity index (χ4n) is 2.31. The molecule has 0 spiro atoms. The molecule has 3 N–H and O–H groups in total. The summed E-state index contributed by atoms with van der Waals surface area (Å²) >= 11 is 0. The lowest BCUT2D eigenvalue weighted by Crippen LogP contribution is -2.53. The molecule has 5 heteroatoms. The van der Waals surface area contributed by atoms with Crippen LogP contribution in [0.2, 0.25) is 0 Å². The van der Waals surface area contributed by atoms with E-state index < -0.39 is 0 Å². The number of hydrogen-bond donors (Lipinski definition) is 2. The molecule has 1 fully saturated rings. The number of nitrogens with zero attached hydrogens (tertiary/aromatic N) is 2. The van der Waals surface area contributed by atoms with Crippen molar-refractivity contribution in [3.8, 4) is 0 Å². The van der Waals surface area contributed by atoms with Crippen LogP contribution < -0.4 is 11.1 Å². The zero-order chi connectivity index (χ0) is 10.7. The van der Waals surface area contributed by atoms with Crippen LogP contribution in [-0.2, 0) is 4.74 Å². The van der Waals surface area contributed by atoms with Crippen LogP contribution in [0.15, 0.2) is 4.99 Å². The third-order valence-electron chi connectivity index (χ3n) is 3.20. The van der Waals surface area contributed by atoms with Crippen molar-refractivity contribution in [1.29, 1.82) is 0 Å². The molecule has 2 rings (SSSR count). The zero-order valence-corrected chi connectivity index (χ0v) is 9.28. The number of likely N-dealkylation sites (tertiary alicyclic amines) is 1. The lowest BCUT2D eigenvalue weighted by atomic mass is 10.00. The monoisotopic (exact) mass is 212 g/mol. The van der Waals surface area contributed by atoms with Gasteiger partial charge in [-0.15, -0.1) is 0 Å². The summed E-state index contributed by atoms with van der Waals surface area (Å²) in [6, 6.07) is 0.369. The van der Waals surface area contributed by atoms with Gasteiger partial charge in [0, 0.05) is 32.8 Å². The highest BCUT2D eigenvalue weighted by Crippen LogP contribution is 2.19. The summed E-state index contributed by atoms with van der Waals surface area (Å²) in [5.74, 6) is 1.03. The summed E-state index contributed by atoms with van der Waals surface area (Å²) in [6.07, 6.45) is 2.43. The van der Waals surface area contributed by atoms with Gasteiger partial charge >= 0.3 is 0 Å². The Morgan fingerprint density at radius 3 is 3.13 bits per heavy atom. The lowest BCUT2D eigenvalue weighted by Gasteiger charge is -2.39. The first-order valence-electron chi connectivity index (χ1n) is 5.63. The van der Waals surface area contributed by atoms with Gasteiger partial charge in [0.05, 0.1) is 12.6 Å². The quantitative estimate of drug-likeness (QED) is 0.640. The van der Waals surface area contributed by atoms with Crippen LogP contribution in [0, 0.1) is 0 Å². The van der Waals surface area contributed by atoms with E-state index in [9.17, 15) is 0 Å². The van der Waals surface area contributed by atoms with Crippen molar-refractivity contribution in [3.05, 3.63) is 0 Å². The predicted octanol–water partition coefficient (Wildman–Crippen LogP) is -0.616. The van der Waals surface area contributed by atoms with Crippen LogP contribution in [0.25, 0.3) is 0 Å². The Bertz CT molecular complexity index is 244. The van der Waals surface area contributed by atoms with Crippen LogP contribution in [0.3, 0.4) is 0 Å². The Kier molecular flexibility index (Phi) is 3.43. The Morgan fingerprint density at radius 1 is 1.67 bits per heavy atom. The molecule has 0 aromatic carbocycles. The molecule has 2 aliphatic rings. The molecule has 2 aliphatic heterocycles. The van der Waals surface area contributed by atoms with Gasteiger partial charge in [-0.2, -0.15) is 0 Å². The topological polar surface area (TPSA) is 62.9 Å². The third kappa shape index (κ3) is 2.23.